The highest BCUT2D eigenvalue weighted by Crippen LogP contribution is 2.13. The Labute approximate surface area is 58.9 Å². The lowest BCUT2D eigenvalue weighted by molar-refractivity contribution is -0.152. The van der Waals surface area contributed by atoms with Gasteiger partial charge in [-0.1, -0.05) is 6.58 Å². The van der Waals surface area contributed by atoms with Crippen LogP contribution < -0.4 is 0 Å². The number of esters is 1. The monoisotopic (exact) mass is 140 g/mol. The Morgan fingerprint density at radius 1 is 1.90 bits per heavy atom. The molecule has 0 spiro atoms. The maximum absolute atomic E-state index is 10.7. The van der Waals surface area contributed by atoms with Crippen LogP contribution in [0.1, 0.15) is 6.92 Å². The number of rotatable bonds is 2. The number of carbonyl (C=O) groups excluding carboxylic acids is 1. The molecule has 0 saturated carbocycles. The van der Waals surface area contributed by atoms with Crippen molar-refractivity contribution in [3.8, 4) is 0 Å². The third-order valence-electron chi connectivity index (χ3n) is 1.16. The maximum Gasteiger partial charge on any atom is 0.336 e. The summed E-state index contributed by atoms with van der Waals surface area (Å²) < 4.78 is 9.48. The van der Waals surface area contributed by atoms with E-state index >= 15 is 0 Å². The van der Waals surface area contributed by atoms with Crippen LogP contribution in [0.25, 0.3) is 0 Å². The minimum Gasteiger partial charge on any atom is -0.459 e. The molecule has 3 heteroatoms. The molecule has 54 valence electrons. The first kappa shape index (κ1) is 6.86. The van der Waals surface area contributed by atoms with Gasteiger partial charge in [0.25, 0.3) is 6.29 Å². The van der Waals surface area contributed by atoms with E-state index in [1.54, 1.807) is 13.0 Å². The first-order chi connectivity index (χ1) is 4.74. The number of cyclic esters (lactones) is 1. The van der Waals surface area contributed by atoms with Gasteiger partial charge in [0, 0.05) is 11.6 Å². The normalized spacial score (nSPS) is 23.5. The standard InChI is InChI=1S/C7H8O3/c1-3-9-6-4-5(2)7(8)10-6/h3-4,6H,1H2,2H3. The van der Waals surface area contributed by atoms with Gasteiger partial charge in [0.2, 0.25) is 0 Å². The fraction of sp³-hybridized carbons (Fsp3) is 0.286. The van der Waals surface area contributed by atoms with Crippen molar-refractivity contribution >= 4 is 5.97 Å². The molecule has 0 amide bonds. The molecule has 0 aromatic heterocycles. The smallest absolute Gasteiger partial charge is 0.336 e. The van der Waals surface area contributed by atoms with E-state index in [9.17, 15) is 4.79 Å². The predicted octanol–water partition coefficient (Wildman–Crippen LogP) is 0.976. The van der Waals surface area contributed by atoms with Gasteiger partial charge in [-0.2, -0.15) is 0 Å². The highest BCUT2D eigenvalue weighted by molar-refractivity contribution is 5.89. The van der Waals surface area contributed by atoms with Crippen LogP contribution in [0.15, 0.2) is 24.5 Å². The average Bonchev–Trinajstić information content (AvgIpc) is 2.14. The summed E-state index contributed by atoms with van der Waals surface area (Å²) in [7, 11) is 0. The quantitative estimate of drug-likeness (QED) is 0.423. The van der Waals surface area contributed by atoms with Crippen LogP contribution in [0.4, 0.5) is 0 Å². The molecule has 1 aliphatic rings. The van der Waals surface area contributed by atoms with Crippen LogP contribution in [0, 0.1) is 0 Å². The molecule has 0 aliphatic carbocycles. The van der Waals surface area contributed by atoms with Crippen molar-refractivity contribution in [2.24, 2.45) is 0 Å². The first-order valence-corrected chi connectivity index (χ1v) is 2.90. The Morgan fingerprint density at radius 3 is 3.00 bits per heavy atom. The average molecular weight is 140 g/mol. The van der Waals surface area contributed by atoms with Crippen LogP contribution in [0.2, 0.25) is 0 Å². The molecule has 0 saturated heterocycles. The Kier molecular flexibility index (Phi) is 1.76. The highest BCUT2D eigenvalue weighted by atomic mass is 16.7. The van der Waals surface area contributed by atoms with Crippen LogP contribution in [-0.4, -0.2) is 12.3 Å². The minimum absolute atomic E-state index is 0.327. The van der Waals surface area contributed by atoms with Crippen LogP contribution >= 0.6 is 0 Å². The second-order valence-corrected chi connectivity index (χ2v) is 1.93. The minimum atomic E-state index is -0.565. The molecule has 0 aromatic rings. The summed E-state index contributed by atoms with van der Waals surface area (Å²) >= 11 is 0. The second-order valence-electron chi connectivity index (χ2n) is 1.93. The number of hydrogen-bond donors (Lipinski definition) is 0. The Balaban J connectivity index is 2.56. The maximum atomic E-state index is 10.7. The van der Waals surface area contributed by atoms with Crippen molar-refractivity contribution in [2.75, 3.05) is 0 Å². The summed E-state index contributed by atoms with van der Waals surface area (Å²) in [6.45, 7) is 5.01. The van der Waals surface area contributed by atoms with E-state index in [0.29, 0.717) is 5.57 Å². The van der Waals surface area contributed by atoms with Gasteiger partial charge in [-0.05, 0) is 6.92 Å². The fourth-order valence-electron chi connectivity index (χ4n) is 0.667. The summed E-state index contributed by atoms with van der Waals surface area (Å²) in [5, 5.41) is 0. The number of hydrogen-bond acceptors (Lipinski definition) is 3. The fourth-order valence-corrected chi connectivity index (χ4v) is 0.667. The number of carbonyl (C=O) groups is 1. The summed E-state index contributed by atoms with van der Waals surface area (Å²) in [4.78, 5) is 10.7. The number of ether oxygens (including phenoxy) is 2. The van der Waals surface area contributed by atoms with Crippen molar-refractivity contribution in [1.82, 2.24) is 0 Å². The first-order valence-electron chi connectivity index (χ1n) is 2.90. The molecule has 0 N–H and O–H groups in total. The Bertz CT molecular complexity index is 193. The van der Waals surface area contributed by atoms with Gasteiger partial charge in [-0.25, -0.2) is 4.79 Å². The lowest BCUT2D eigenvalue weighted by atomic mass is 10.3. The topological polar surface area (TPSA) is 35.5 Å². The van der Waals surface area contributed by atoms with E-state index in [2.05, 4.69) is 11.3 Å². The molecule has 1 aliphatic heterocycles. The van der Waals surface area contributed by atoms with Gasteiger partial charge in [0.1, 0.15) is 0 Å². The van der Waals surface area contributed by atoms with E-state index in [4.69, 9.17) is 4.74 Å². The van der Waals surface area contributed by atoms with E-state index in [1.165, 1.54) is 6.26 Å². The zero-order valence-electron chi connectivity index (χ0n) is 5.66. The zero-order chi connectivity index (χ0) is 7.56. The molecule has 0 bridgehead atoms. The third kappa shape index (κ3) is 1.18. The van der Waals surface area contributed by atoms with Crippen molar-refractivity contribution in [1.29, 1.82) is 0 Å². The largest absolute Gasteiger partial charge is 0.459 e. The lowest BCUT2D eigenvalue weighted by Gasteiger charge is -2.05. The summed E-state index contributed by atoms with van der Waals surface area (Å²) in [5.41, 5.74) is 0.576. The van der Waals surface area contributed by atoms with Gasteiger partial charge in [0.05, 0.1) is 6.26 Å². The van der Waals surface area contributed by atoms with Gasteiger partial charge in [0.15, 0.2) is 0 Å². The van der Waals surface area contributed by atoms with Crippen molar-refractivity contribution in [3.05, 3.63) is 24.5 Å². The molecule has 1 heterocycles. The lowest BCUT2D eigenvalue weighted by Crippen LogP contribution is -2.08. The van der Waals surface area contributed by atoms with E-state index in [0.717, 1.165) is 0 Å². The summed E-state index contributed by atoms with van der Waals surface area (Å²) in [6, 6.07) is 0. The van der Waals surface area contributed by atoms with Gasteiger partial charge < -0.3 is 9.47 Å². The molecular weight excluding hydrogens is 132 g/mol. The van der Waals surface area contributed by atoms with Gasteiger partial charge in [-0.15, -0.1) is 0 Å². The van der Waals surface area contributed by atoms with E-state index < -0.39 is 6.29 Å². The van der Waals surface area contributed by atoms with Crippen molar-refractivity contribution in [2.45, 2.75) is 13.2 Å². The molecule has 0 aromatic carbocycles. The summed E-state index contributed by atoms with van der Waals surface area (Å²) in [5.74, 6) is -0.327. The molecule has 1 atom stereocenters. The van der Waals surface area contributed by atoms with E-state index in [-0.39, 0.29) is 5.97 Å². The molecular formula is C7H8O3. The SMILES string of the molecule is C=COC1C=C(C)C(=O)O1. The molecule has 3 nitrogen and oxygen atoms in total. The Morgan fingerprint density at radius 2 is 2.60 bits per heavy atom. The van der Waals surface area contributed by atoms with Crippen molar-refractivity contribution in [3.63, 3.8) is 0 Å². The van der Waals surface area contributed by atoms with Crippen LogP contribution in [0.3, 0.4) is 0 Å². The van der Waals surface area contributed by atoms with Gasteiger partial charge >= 0.3 is 5.97 Å². The predicted molar refractivity (Wildman–Crippen MR) is 34.9 cm³/mol. The van der Waals surface area contributed by atoms with E-state index in [1.807, 2.05) is 0 Å². The summed E-state index contributed by atoms with van der Waals surface area (Å²) in [6.07, 6.45) is 2.28. The van der Waals surface area contributed by atoms with Gasteiger partial charge in [-0.3, -0.25) is 0 Å². The zero-order valence-corrected chi connectivity index (χ0v) is 5.66. The molecule has 0 radical (unpaired) electrons. The molecule has 0 fully saturated rings. The van der Waals surface area contributed by atoms with Crippen LogP contribution in [-0.2, 0) is 14.3 Å². The molecule has 1 unspecified atom stereocenters. The highest BCUT2D eigenvalue weighted by Gasteiger charge is 2.21. The van der Waals surface area contributed by atoms with Crippen molar-refractivity contribution < 1.29 is 14.3 Å². The molecule has 10 heavy (non-hydrogen) atoms. The van der Waals surface area contributed by atoms with Crippen LogP contribution in [0.5, 0.6) is 0 Å². The molecule has 1 rings (SSSR count). The third-order valence-corrected chi connectivity index (χ3v) is 1.16. The Hall–Kier alpha value is -1.25. The second kappa shape index (κ2) is 2.56.